The first-order chi connectivity index (χ1) is 15.9. The van der Waals surface area contributed by atoms with Crippen molar-refractivity contribution in [1.82, 2.24) is 4.72 Å². The summed E-state index contributed by atoms with van der Waals surface area (Å²) in [7, 11) is -2.16. The number of rotatable bonds is 7. The van der Waals surface area contributed by atoms with Gasteiger partial charge in [-0.05, 0) is 55.4 Å². The number of anilines is 2. The maximum absolute atomic E-state index is 13.0. The van der Waals surface area contributed by atoms with Gasteiger partial charge in [0.15, 0.2) is 6.61 Å². The van der Waals surface area contributed by atoms with Gasteiger partial charge in [-0.2, -0.15) is 0 Å². The van der Waals surface area contributed by atoms with E-state index in [1.54, 1.807) is 28.8 Å². The Balaban J connectivity index is 1.37. The van der Waals surface area contributed by atoms with E-state index in [1.165, 1.54) is 19.2 Å². The third-order valence-electron chi connectivity index (χ3n) is 5.16. The van der Waals surface area contributed by atoms with Crippen molar-refractivity contribution in [2.24, 2.45) is 0 Å². The number of esters is 1. The van der Waals surface area contributed by atoms with E-state index >= 15 is 0 Å². The summed E-state index contributed by atoms with van der Waals surface area (Å²) >= 11 is 1.59. The topological polar surface area (TPSA) is 92.8 Å². The van der Waals surface area contributed by atoms with Crippen molar-refractivity contribution >= 4 is 45.0 Å². The lowest BCUT2D eigenvalue weighted by Crippen LogP contribution is -2.32. The normalized spacial score (nSPS) is 12.6. The summed E-state index contributed by atoms with van der Waals surface area (Å²) in [6.07, 6.45) is 0.452. The van der Waals surface area contributed by atoms with Crippen LogP contribution in [0.5, 0.6) is 0 Å². The van der Waals surface area contributed by atoms with Crippen molar-refractivity contribution in [3.05, 3.63) is 78.4 Å². The second kappa shape index (κ2) is 9.78. The van der Waals surface area contributed by atoms with Gasteiger partial charge < -0.3 is 4.74 Å². The molecule has 0 radical (unpaired) electrons. The van der Waals surface area contributed by atoms with Crippen molar-refractivity contribution < 1.29 is 22.7 Å². The largest absolute Gasteiger partial charge is 0.456 e. The molecule has 0 saturated heterocycles. The maximum Gasteiger partial charge on any atom is 0.306 e. The molecular weight excluding hydrogens is 460 g/mol. The van der Waals surface area contributed by atoms with Crippen LogP contribution in [0.1, 0.15) is 12.0 Å². The lowest BCUT2D eigenvalue weighted by Gasteiger charge is -2.30. The maximum atomic E-state index is 13.0. The molecule has 1 N–H and O–H groups in total. The van der Waals surface area contributed by atoms with E-state index in [1.807, 2.05) is 48.5 Å². The Bertz CT molecular complexity index is 1240. The summed E-state index contributed by atoms with van der Waals surface area (Å²) in [5.41, 5.74) is 2.32. The Hall–Kier alpha value is -3.14. The van der Waals surface area contributed by atoms with Gasteiger partial charge in [-0.15, -0.1) is 0 Å². The highest BCUT2D eigenvalue weighted by Crippen LogP contribution is 2.47. The third kappa shape index (κ3) is 5.11. The van der Waals surface area contributed by atoms with Gasteiger partial charge in [0.25, 0.3) is 5.91 Å². The number of ether oxygens (including phenoxy) is 1. The van der Waals surface area contributed by atoms with E-state index in [0.717, 1.165) is 26.7 Å². The summed E-state index contributed by atoms with van der Waals surface area (Å²) in [5, 5.41) is 0. The van der Waals surface area contributed by atoms with Crippen LogP contribution >= 0.6 is 11.8 Å². The Morgan fingerprint density at radius 1 is 0.909 bits per heavy atom. The molecule has 33 heavy (non-hydrogen) atoms. The lowest BCUT2D eigenvalue weighted by atomic mass is 10.1. The molecule has 0 aromatic heterocycles. The van der Waals surface area contributed by atoms with Crippen LogP contribution in [-0.2, 0) is 30.8 Å². The van der Waals surface area contributed by atoms with Gasteiger partial charge in [0.1, 0.15) is 0 Å². The van der Waals surface area contributed by atoms with Crippen LogP contribution in [0.3, 0.4) is 0 Å². The van der Waals surface area contributed by atoms with Gasteiger partial charge >= 0.3 is 5.97 Å². The number of carbonyl (C=O) groups excluding carboxylic acids is 2. The fraction of sp³-hybridized carbons (Fsp3) is 0.167. The van der Waals surface area contributed by atoms with E-state index in [9.17, 15) is 18.0 Å². The molecule has 0 atom stereocenters. The molecule has 170 valence electrons. The fourth-order valence-corrected chi connectivity index (χ4v) is 5.24. The SMILES string of the molecule is CNS(=O)(=O)c1ccc(CCC(=O)OCC(=O)N2c3ccccc3Sc3ccccc32)cc1. The molecule has 1 heterocycles. The number of hydrogen-bond acceptors (Lipinski definition) is 6. The number of sulfonamides is 1. The van der Waals surface area contributed by atoms with Gasteiger partial charge in [-0.3, -0.25) is 14.5 Å². The molecule has 7 nitrogen and oxygen atoms in total. The minimum atomic E-state index is -3.50. The highest BCUT2D eigenvalue weighted by Gasteiger charge is 2.28. The van der Waals surface area contributed by atoms with E-state index in [2.05, 4.69) is 4.72 Å². The van der Waals surface area contributed by atoms with E-state index in [0.29, 0.717) is 6.42 Å². The van der Waals surface area contributed by atoms with Crippen LogP contribution in [0.25, 0.3) is 0 Å². The van der Waals surface area contributed by atoms with Gasteiger partial charge in [0.05, 0.1) is 16.3 Å². The molecule has 0 spiro atoms. The van der Waals surface area contributed by atoms with E-state index in [4.69, 9.17) is 4.74 Å². The predicted molar refractivity (Wildman–Crippen MR) is 126 cm³/mol. The van der Waals surface area contributed by atoms with Crippen molar-refractivity contribution in [2.45, 2.75) is 27.5 Å². The van der Waals surface area contributed by atoms with Crippen LogP contribution < -0.4 is 9.62 Å². The van der Waals surface area contributed by atoms with Gasteiger partial charge in [0.2, 0.25) is 10.0 Å². The number of aryl methyl sites for hydroxylation is 1. The number of amides is 1. The van der Waals surface area contributed by atoms with Crippen LogP contribution in [0.4, 0.5) is 11.4 Å². The minimum absolute atomic E-state index is 0.0778. The number of para-hydroxylation sites is 2. The Labute approximate surface area is 196 Å². The van der Waals surface area contributed by atoms with Crippen molar-refractivity contribution in [3.63, 3.8) is 0 Å². The van der Waals surface area contributed by atoms with Crippen LogP contribution in [-0.4, -0.2) is 33.9 Å². The second-order valence-corrected chi connectivity index (χ2v) is 10.2. The number of nitrogens with zero attached hydrogens (tertiary/aromatic N) is 1. The standard InChI is InChI=1S/C24H22N2O5S2/c1-25-33(29,30)18-13-10-17(11-14-18)12-15-24(28)31-16-23(27)26-19-6-2-4-8-21(19)32-22-9-5-3-7-20(22)26/h2-11,13-14,25H,12,15-16H2,1H3. The summed E-state index contributed by atoms with van der Waals surface area (Å²) in [6, 6.07) is 21.5. The van der Waals surface area contributed by atoms with Crippen molar-refractivity contribution in [3.8, 4) is 0 Å². The Morgan fingerprint density at radius 2 is 1.48 bits per heavy atom. The molecular formula is C24H22N2O5S2. The van der Waals surface area contributed by atoms with Gasteiger partial charge in [0, 0.05) is 16.2 Å². The number of benzene rings is 3. The number of hydrogen-bond donors (Lipinski definition) is 1. The Kier molecular flexibility index (Phi) is 6.83. The highest BCUT2D eigenvalue weighted by atomic mass is 32.2. The quantitative estimate of drug-likeness (QED) is 0.514. The molecule has 3 aromatic carbocycles. The summed E-state index contributed by atoms with van der Waals surface area (Å²) < 4.78 is 31.1. The Morgan fingerprint density at radius 3 is 2.06 bits per heavy atom. The molecule has 1 amide bonds. The fourth-order valence-electron chi connectivity index (χ4n) is 3.45. The van der Waals surface area contributed by atoms with E-state index in [-0.39, 0.29) is 23.8 Å². The summed E-state index contributed by atoms with van der Waals surface area (Å²) in [5.74, 6) is -0.826. The molecule has 0 bridgehead atoms. The first-order valence-electron chi connectivity index (χ1n) is 10.3. The van der Waals surface area contributed by atoms with Gasteiger partial charge in [-0.1, -0.05) is 48.2 Å². The van der Waals surface area contributed by atoms with Gasteiger partial charge in [-0.25, -0.2) is 13.1 Å². The van der Waals surface area contributed by atoms with Crippen molar-refractivity contribution in [2.75, 3.05) is 18.6 Å². The third-order valence-corrected chi connectivity index (χ3v) is 7.72. The molecule has 0 saturated carbocycles. The molecule has 1 aliphatic heterocycles. The zero-order valence-electron chi connectivity index (χ0n) is 17.9. The van der Waals surface area contributed by atoms with Crippen LogP contribution in [0.15, 0.2) is 87.5 Å². The highest BCUT2D eigenvalue weighted by molar-refractivity contribution is 7.99. The molecule has 0 unspecified atom stereocenters. The predicted octanol–water partition coefficient (Wildman–Crippen LogP) is 3.90. The average Bonchev–Trinajstić information content (AvgIpc) is 2.84. The minimum Gasteiger partial charge on any atom is -0.456 e. The monoisotopic (exact) mass is 482 g/mol. The zero-order valence-corrected chi connectivity index (χ0v) is 19.5. The molecule has 1 aliphatic rings. The first kappa shape index (κ1) is 23.0. The number of nitrogens with one attached hydrogen (secondary N) is 1. The number of fused-ring (bicyclic) bond motifs is 2. The zero-order chi connectivity index (χ0) is 23.4. The number of carbonyl (C=O) groups is 2. The van der Waals surface area contributed by atoms with Crippen LogP contribution in [0, 0.1) is 0 Å². The average molecular weight is 483 g/mol. The molecule has 9 heteroatoms. The summed E-state index contributed by atoms with van der Waals surface area (Å²) in [6.45, 7) is -0.370. The molecule has 4 rings (SSSR count). The first-order valence-corrected chi connectivity index (χ1v) is 12.6. The van der Waals surface area contributed by atoms with Crippen molar-refractivity contribution in [1.29, 1.82) is 0 Å². The van der Waals surface area contributed by atoms with Crippen LogP contribution in [0.2, 0.25) is 0 Å². The second-order valence-electron chi connectivity index (χ2n) is 7.28. The lowest BCUT2D eigenvalue weighted by molar-refractivity contribution is -0.147. The molecule has 3 aromatic rings. The summed E-state index contributed by atoms with van der Waals surface area (Å²) in [4.78, 5) is 29.0. The molecule has 0 aliphatic carbocycles. The molecule has 0 fully saturated rings. The smallest absolute Gasteiger partial charge is 0.306 e. The van der Waals surface area contributed by atoms with E-state index < -0.39 is 16.0 Å².